The summed E-state index contributed by atoms with van der Waals surface area (Å²) in [5, 5.41) is 2.08. The molecule has 0 unspecified atom stereocenters. The molecule has 202 valence electrons. The summed E-state index contributed by atoms with van der Waals surface area (Å²) in [5.41, 5.74) is 6.33. The molecule has 0 fully saturated rings. The molecule has 4 aromatic carbocycles. The molecule has 0 saturated heterocycles. The van der Waals surface area contributed by atoms with Crippen LogP contribution in [0, 0.1) is 0 Å². The Bertz CT molecular complexity index is 1650. The Kier molecular flexibility index (Phi) is 6.83. The Morgan fingerprint density at radius 2 is 0.900 bits per heavy atom. The van der Waals surface area contributed by atoms with Crippen LogP contribution in [0.2, 0.25) is 0 Å². The maximum absolute atomic E-state index is 6.04. The van der Waals surface area contributed by atoms with Gasteiger partial charge in [0.1, 0.15) is 0 Å². The molecular formula is C34H32N2O4. The maximum atomic E-state index is 6.04. The third-order valence-corrected chi connectivity index (χ3v) is 7.48. The summed E-state index contributed by atoms with van der Waals surface area (Å²) in [6.07, 6.45) is 4.23. The minimum Gasteiger partial charge on any atom is -0.493 e. The third kappa shape index (κ3) is 4.31. The second kappa shape index (κ2) is 10.7. The molecule has 0 amide bonds. The molecule has 0 spiro atoms. The molecule has 40 heavy (non-hydrogen) atoms. The largest absolute Gasteiger partial charge is 0.493 e. The van der Waals surface area contributed by atoms with Crippen molar-refractivity contribution in [1.82, 2.24) is 9.13 Å². The van der Waals surface area contributed by atoms with Gasteiger partial charge in [-0.25, -0.2) is 0 Å². The van der Waals surface area contributed by atoms with Crippen LogP contribution in [0.1, 0.15) is 11.1 Å². The van der Waals surface area contributed by atoms with E-state index in [0.29, 0.717) is 23.0 Å². The van der Waals surface area contributed by atoms with Crippen LogP contribution in [0.15, 0.2) is 97.3 Å². The fraction of sp³-hybridized carbons (Fsp3) is 0.176. The lowest BCUT2D eigenvalue weighted by Gasteiger charge is -2.20. The van der Waals surface area contributed by atoms with Gasteiger partial charge in [0, 0.05) is 59.5 Å². The number of aromatic nitrogens is 2. The molecule has 0 atom stereocenters. The summed E-state index contributed by atoms with van der Waals surface area (Å²) in [5.74, 6) is 2.60. The Morgan fingerprint density at radius 3 is 1.25 bits per heavy atom. The van der Waals surface area contributed by atoms with E-state index in [1.165, 1.54) is 11.1 Å². The van der Waals surface area contributed by atoms with Gasteiger partial charge in [-0.15, -0.1) is 0 Å². The van der Waals surface area contributed by atoms with Crippen molar-refractivity contribution in [2.75, 3.05) is 28.4 Å². The number of rotatable bonds is 9. The van der Waals surface area contributed by atoms with E-state index in [-0.39, 0.29) is 0 Å². The highest BCUT2D eigenvalue weighted by Gasteiger charge is 2.27. The van der Waals surface area contributed by atoms with Gasteiger partial charge in [-0.3, -0.25) is 0 Å². The molecule has 0 aliphatic carbocycles. The number of hydrogen-bond donors (Lipinski definition) is 0. The van der Waals surface area contributed by atoms with Gasteiger partial charge < -0.3 is 28.1 Å². The summed E-state index contributed by atoms with van der Waals surface area (Å²) in [6, 6.07) is 29.2. The Balaban J connectivity index is 1.64. The molecule has 0 bridgehead atoms. The number of hydrogen-bond acceptors (Lipinski definition) is 4. The van der Waals surface area contributed by atoms with E-state index in [9.17, 15) is 0 Å². The molecule has 6 aromatic rings. The Morgan fingerprint density at radius 1 is 0.500 bits per heavy atom. The van der Waals surface area contributed by atoms with Crippen molar-refractivity contribution in [2.24, 2.45) is 0 Å². The van der Waals surface area contributed by atoms with Gasteiger partial charge in [-0.1, -0.05) is 60.7 Å². The quantitative estimate of drug-likeness (QED) is 0.195. The van der Waals surface area contributed by atoms with E-state index in [2.05, 4.69) is 82.2 Å². The molecule has 0 aliphatic rings. The van der Waals surface area contributed by atoms with E-state index in [1.807, 2.05) is 24.3 Å². The van der Waals surface area contributed by atoms with Crippen LogP contribution in [-0.4, -0.2) is 37.6 Å². The summed E-state index contributed by atoms with van der Waals surface area (Å²) in [7, 11) is 6.70. The van der Waals surface area contributed by atoms with Crippen molar-refractivity contribution in [1.29, 1.82) is 0 Å². The van der Waals surface area contributed by atoms with Crippen LogP contribution < -0.4 is 18.9 Å². The highest BCUT2D eigenvalue weighted by atomic mass is 16.5. The number of fused-ring (bicyclic) bond motifs is 2. The Labute approximate surface area is 233 Å². The predicted molar refractivity (Wildman–Crippen MR) is 160 cm³/mol. The fourth-order valence-corrected chi connectivity index (χ4v) is 5.63. The zero-order valence-electron chi connectivity index (χ0n) is 23.2. The van der Waals surface area contributed by atoms with Crippen molar-refractivity contribution in [3.63, 3.8) is 0 Å². The smallest absolute Gasteiger partial charge is 0.169 e. The van der Waals surface area contributed by atoms with Crippen molar-refractivity contribution in [3.05, 3.63) is 108 Å². The van der Waals surface area contributed by atoms with Crippen molar-refractivity contribution < 1.29 is 18.9 Å². The summed E-state index contributed by atoms with van der Waals surface area (Å²) in [6.45, 7) is 1.47. The van der Waals surface area contributed by atoms with Crippen LogP contribution in [0.3, 0.4) is 0 Å². The fourth-order valence-electron chi connectivity index (χ4n) is 5.63. The van der Waals surface area contributed by atoms with E-state index < -0.39 is 0 Å². The lowest BCUT2D eigenvalue weighted by Crippen LogP contribution is -2.02. The van der Waals surface area contributed by atoms with Crippen LogP contribution in [0.5, 0.6) is 23.0 Å². The van der Waals surface area contributed by atoms with E-state index in [0.717, 1.165) is 46.0 Å². The standard InChI is InChI=1S/C34H32N2O4/c1-37-29-19-27-25(15-17-35(27)21-23-11-7-5-8-12-23)31(33(29)39-3)32-26-16-18-36(22-24-13-9-6-10-14-24)28(26)20-30(38-2)34(32)40-4/h5-20H,21-22H2,1-4H3. The summed E-state index contributed by atoms with van der Waals surface area (Å²) >= 11 is 0. The molecule has 2 heterocycles. The molecule has 0 radical (unpaired) electrons. The molecule has 6 heteroatoms. The van der Waals surface area contributed by atoms with Gasteiger partial charge in [-0.05, 0) is 23.3 Å². The lowest BCUT2D eigenvalue weighted by atomic mass is 9.95. The van der Waals surface area contributed by atoms with Crippen LogP contribution in [0.4, 0.5) is 0 Å². The molecule has 0 aliphatic heterocycles. The predicted octanol–water partition coefficient (Wildman–Crippen LogP) is 7.39. The average Bonchev–Trinajstić information content (AvgIpc) is 3.59. The lowest BCUT2D eigenvalue weighted by molar-refractivity contribution is 0.353. The Hall–Kier alpha value is -4.84. The molecule has 0 saturated carbocycles. The average molecular weight is 533 g/mol. The minimum atomic E-state index is 0.649. The normalized spacial score (nSPS) is 11.2. The zero-order chi connectivity index (χ0) is 27.6. The highest BCUT2D eigenvalue weighted by molar-refractivity contribution is 6.11. The number of methoxy groups -OCH3 is 4. The molecule has 6 nitrogen and oxygen atoms in total. The number of ether oxygens (including phenoxy) is 4. The first-order valence-electron chi connectivity index (χ1n) is 13.2. The van der Waals surface area contributed by atoms with Gasteiger partial charge in [0.05, 0.1) is 39.5 Å². The van der Waals surface area contributed by atoms with Gasteiger partial charge in [0.25, 0.3) is 0 Å². The first-order chi connectivity index (χ1) is 19.7. The third-order valence-electron chi connectivity index (χ3n) is 7.48. The van der Waals surface area contributed by atoms with Gasteiger partial charge in [-0.2, -0.15) is 0 Å². The van der Waals surface area contributed by atoms with E-state index in [4.69, 9.17) is 18.9 Å². The van der Waals surface area contributed by atoms with Gasteiger partial charge >= 0.3 is 0 Å². The molecule has 6 rings (SSSR count). The monoisotopic (exact) mass is 532 g/mol. The van der Waals surface area contributed by atoms with Crippen molar-refractivity contribution in [2.45, 2.75) is 13.1 Å². The number of benzene rings is 4. The van der Waals surface area contributed by atoms with E-state index in [1.54, 1.807) is 28.4 Å². The second-order valence-electron chi connectivity index (χ2n) is 9.70. The SMILES string of the molecule is COc1cc2c(ccn2Cc2ccccc2)c(-c2c(OC)c(OC)cc3c2ccn3Cc2ccccc2)c1OC. The van der Waals surface area contributed by atoms with Gasteiger partial charge in [0.2, 0.25) is 0 Å². The first kappa shape index (κ1) is 25.4. The van der Waals surface area contributed by atoms with E-state index >= 15 is 0 Å². The second-order valence-corrected chi connectivity index (χ2v) is 9.70. The minimum absolute atomic E-state index is 0.649. The molecule has 2 aromatic heterocycles. The molecule has 0 N–H and O–H groups in total. The van der Waals surface area contributed by atoms with Crippen molar-refractivity contribution >= 4 is 21.8 Å². The maximum Gasteiger partial charge on any atom is 0.169 e. The highest BCUT2D eigenvalue weighted by Crippen LogP contribution is 2.52. The topological polar surface area (TPSA) is 46.8 Å². The van der Waals surface area contributed by atoms with Gasteiger partial charge in [0.15, 0.2) is 23.0 Å². The van der Waals surface area contributed by atoms with Crippen LogP contribution >= 0.6 is 0 Å². The zero-order valence-corrected chi connectivity index (χ0v) is 23.2. The number of nitrogens with zero attached hydrogens (tertiary/aromatic N) is 2. The summed E-state index contributed by atoms with van der Waals surface area (Å²) < 4.78 is 28.3. The van der Waals surface area contributed by atoms with Crippen LogP contribution in [-0.2, 0) is 13.1 Å². The van der Waals surface area contributed by atoms with Crippen molar-refractivity contribution in [3.8, 4) is 34.1 Å². The summed E-state index contributed by atoms with van der Waals surface area (Å²) in [4.78, 5) is 0. The first-order valence-corrected chi connectivity index (χ1v) is 13.2. The van der Waals surface area contributed by atoms with Crippen LogP contribution in [0.25, 0.3) is 32.9 Å². The molecular weight excluding hydrogens is 500 g/mol.